The number of imide groups is 1. The number of nitrogens with zero attached hydrogens (tertiary/aromatic N) is 2. The first-order chi connectivity index (χ1) is 12.1. The van der Waals surface area contributed by atoms with E-state index in [1.165, 1.54) is 4.90 Å². The topological polar surface area (TPSA) is 80.8 Å². The smallest absolute Gasteiger partial charge is 0.325 e. The number of aromatic nitrogens is 1. The maximum Gasteiger partial charge on any atom is 0.325 e. The van der Waals surface area contributed by atoms with Gasteiger partial charge in [0.15, 0.2) is 0 Å². The number of benzene rings is 1. The summed E-state index contributed by atoms with van der Waals surface area (Å²) in [6.07, 6.45) is 1.58. The van der Waals surface area contributed by atoms with E-state index in [0.717, 1.165) is 11.3 Å². The molecule has 1 aliphatic rings. The first kappa shape index (κ1) is 16.8. The molecule has 1 fully saturated rings. The van der Waals surface area contributed by atoms with Crippen molar-refractivity contribution < 1.29 is 19.1 Å². The van der Waals surface area contributed by atoms with Crippen molar-refractivity contribution in [3.8, 4) is 17.4 Å². The van der Waals surface area contributed by atoms with E-state index in [-0.39, 0.29) is 18.5 Å². The minimum atomic E-state index is -0.492. The molecule has 7 heteroatoms. The van der Waals surface area contributed by atoms with Gasteiger partial charge in [0.25, 0.3) is 5.91 Å². The molecule has 0 aliphatic carbocycles. The normalized spacial score (nSPS) is 16.7. The van der Waals surface area contributed by atoms with Crippen LogP contribution in [-0.4, -0.2) is 34.5 Å². The van der Waals surface area contributed by atoms with Crippen LogP contribution < -0.4 is 14.8 Å². The van der Waals surface area contributed by atoms with Gasteiger partial charge < -0.3 is 14.8 Å². The second-order valence-electron chi connectivity index (χ2n) is 5.60. The van der Waals surface area contributed by atoms with Gasteiger partial charge in [0.1, 0.15) is 17.5 Å². The molecule has 1 atom stereocenters. The first-order valence-electron chi connectivity index (χ1n) is 8.04. The summed E-state index contributed by atoms with van der Waals surface area (Å²) in [5.41, 5.74) is 0.758. The highest BCUT2D eigenvalue weighted by Gasteiger charge is 2.34. The second kappa shape index (κ2) is 7.21. The molecule has 2 heterocycles. The molecule has 25 heavy (non-hydrogen) atoms. The average molecular weight is 341 g/mol. The summed E-state index contributed by atoms with van der Waals surface area (Å²) < 4.78 is 11.1. The lowest BCUT2D eigenvalue weighted by Gasteiger charge is -2.13. The zero-order valence-electron chi connectivity index (χ0n) is 14.1. The highest BCUT2D eigenvalue weighted by atomic mass is 16.5. The van der Waals surface area contributed by atoms with E-state index in [1.807, 2.05) is 19.1 Å². The van der Waals surface area contributed by atoms with Crippen molar-refractivity contribution in [3.63, 3.8) is 0 Å². The van der Waals surface area contributed by atoms with E-state index in [4.69, 9.17) is 9.47 Å². The molecule has 3 rings (SSSR count). The molecule has 0 unspecified atom stereocenters. The summed E-state index contributed by atoms with van der Waals surface area (Å²) in [5, 5.41) is 2.59. The minimum absolute atomic E-state index is 0.178. The van der Waals surface area contributed by atoms with Gasteiger partial charge in [-0.2, -0.15) is 0 Å². The fraction of sp³-hybridized carbons (Fsp3) is 0.278. The fourth-order valence-corrected chi connectivity index (χ4v) is 2.49. The number of nitrogens with one attached hydrogen (secondary N) is 1. The molecule has 7 nitrogen and oxygen atoms in total. The van der Waals surface area contributed by atoms with Gasteiger partial charge in [0.2, 0.25) is 5.88 Å². The van der Waals surface area contributed by atoms with Gasteiger partial charge in [-0.3, -0.25) is 9.69 Å². The van der Waals surface area contributed by atoms with E-state index in [0.29, 0.717) is 18.2 Å². The van der Waals surface area contributed by atoms with Gasteiger partial charge in [0, 0.05) is 12.3 Å². The largest absolute Gasteiger partial charge is 0.494 e. The zero-order chi connectivity index (χ0) is 17.8. The Morgan fingerprint density at radius 1 is 1.16 bits per heavy atom. The lowest BCUT2D eigenvalue weighted by Crippen LogP contribution is -2.30. The van der Waals surface area contributed by atoms with E-state index >= 15 is 0 Å². The Kier molecular flexibility index (Phi) is 4.83. The molecule has 1 aromatic heterocycles. The Morgan fingerprint density at radius 2 is 1.88 bits per heavy atom. The van der Waals surface area contributed by atoms with Crippen molar-refractivity contribution in [1.29, 1.82) is 0 Å². The molecule has 3 amide bonds. The quantitative estimate of drug-likeness (QED) is 0.817. The van der Waals surface area contributed by atoms with Crippen molar-refractivity contribution in [2.75, 3.05) is 6.61 Å². The van der Waals surface area contributed by atoms with Gasteiger partial charge in [-0.1, -0.05) is 0 Å². The molecule has 0 spiro atoms. The molecule has 1 saturated heterocycles. The molecule has 0 saturated carbocycles. The Balaban J connectivity index is 1.69. The number of carbonyl (C=O) groups is 2. The molecule has 0 radical (unpaired) electrons. The van der Waals surface area contributed by atoms with Crippen LogP contribution in [0.15, 0.2) is 42.6 Å². The van der Waals surface area contributed by atoms with Crippen LogP contribution in [0.5, 0.6) is 17.4 Å². The molecular formula is C18H19N3O4. The predicted molar refractivity (Wildman–Crippen MR) is 90.5 cm³/mol. The molecular weight excluding hydrogens is 322 g/mol. The standard InChI is InChI=1S/C18H19N3O4/c1-3-24-14-4-6-15(7-5-14)25-16-10-13(8-9-19-16)11-21-17(22)12(2)20-18(21)23/h4-10,12H,3,11H2,1-2H3,(H,20,23)/t12-/m1/s1. The summed E-state index contributed by atoms with van der Waals surface area (Å²) in [7, 11) is 0. The number of carbonyl (C=O) groups excluding carboxylic acids is 2. The molecule has 0 bridgehead atoms. The van der Waals surface area contributed by atoms with E-state index < -0.39 is 6.04 Å². The van der Waals surface area contributed by atoms with Gasteiger partial charge in [-0.25, -0.2) is 9.78 Å². The second-order valence-corrected chi connectivity index (χ2v) is 5.60. The molecule has 1 aromatic carbocycles. The number of hydrogen-bond acceptors (Lipinski definition) is 5. The molecule has 1 aliphatic heterocycles. The van der Waals surface area contributed by atoms with Crippen molar-refractivity contribution in [1.82, 2.24) is 15.2 Å². The van der Waals surface area contributed by atoms with Crippen molar-refractivity contribution in [2.24, 2.45) is 0 Å². The van der Waals surface area contributed by atoms with Gasteiger partial charge in [-0.05, 0) is 49.7 Å². The summed E-state index contributed by atoms with van der Waals surface area (Å²) in [6, 6.07) is 9.79. The number of ether oxygens (including phenoxy) is 2. The van der Waals surface area contributed by atoms with E-state index in [2.05, 4.69) is 10.3 Å². The van der Waals surface area contributed by atoms with Crippen LogP contribution in [-0.2, 0) is 11.3 Å². The van der Waals surface area contributed by atoms with Crippen molar-refractivity contribution in [3.05, 3.63) is 48.2 Å². The van der Waals surface area contributed by atoms with Crippen LogP contribution in [0.4, 0.5) is 4.79 Å². The SMILES string of the molecule is CCOc1ccc(Oc2cc(CN3C(=O)N[C@H](C)C3=O)ccn2)cc1. The van der Waals surface area contributed by atoms with Gasteiger partial charge in [-0.15, -0.1) is 0 Å². The number of hydrogen-bond donors (Lipinski definition) is 1. The third-order valence-electron chi connectivity index (χ3n) is 3.72. The average Bonchev–Trinajstić information content (AvgIpc) is 2.84. The summed E-state index contributed by atoms with van der Waals surface area (Å²) in [6.45, 7) is 4.36. The van der Waals surface area contributed by atoms with Crippen LogP contribution in [0.1, 0.15) is 19.4 Å². The third-order valence-corrected chi connectivity index (χ3v) is 3.72. The lowest BCUT2D eigenvalue weighted by atomic mass is 10.2. The number of pyridine rings is 1. The lowest BCUT2D eigenvalue weighted by molar-refractivity contribution is -0.127. The Labute approximate surface area is 145 Å². The summed E-state index contributed by atoms with van der Waals surface area (Å²) in [5.74, 6) is 1.54. The van der Waals surface area contributed by atoms with Gasteiger partial charge >= 0.3 is 6.03 Å². The molecule has 1 N–H and O–H groups in total. The van der Waals surface area contributed by atoms with Crippen LogP contribution in [0.25, 0.3) is 0 Å². The third kappa shape index (κ3) is 3.88. The highest BCUT2D eigenvalue weighted by molar-refractivity contribution is 6.03. The Morgan fingerprint density at radius 3 is 2.52 bits per heavy atom. The van der Waals surface area contributed by atoms with Crippen LogP contribution in [0.3, 0.4) is 0 Å². The number of rotatable bonds is 6. The molecule has 130 valence electrons. The van der Waals surface area contributed by atoms with Crippen LogP contribution in [0, 0.1) is 0 Å². The monoisotopic (exact) mass is 341 g/mol. The highest BCUT2D eigenvalue weighted by Crippen LogP contribution is 2.23. The summed E-state index contributed by atoms with van der Waals surface area (Å²) >= 11 is 0. The predicted octanol–water partition coefficient (Wildman–Crippen LogP) is 2.71. The maximum atomic E-state index is 12.0. The fourth-order valence-electron chi connectivity index (χ4n) is 2.49. The number of amides is 3. The minimum Gasteiger partial charge on any atom is -0.494 e. The number of urea groups is 1. The zero-order valence-corrected chi connectivity index (χ0v) is 14.1. The first-order valence-corrected chi connectivity index (χ1v) is 8.04. The van der Waals surface area contributed by atoms with Gasteiger partial charge in [0.05, 0.1) is 13.2 Å². The van der Waals surface area contributed by atoms with Crippen molar-refractivity contribution >= 4 is 11.9 Å². The van der Waals surface area contributed by atoms with Crippen LogP contribution in [0.2, 0.25) is 0 Å². The molecule has 2 aromatic rings. The maximum absolute atomic E-state index is 12.0. The Hall–Kier alpha value is -3.09. The Bertz CT molecular complexity index is 776. The van der Waals surface area contributed by atoms with Crippen molar-refractivity contribution in [2.45, 2.75) is 26.4 Å². The van der Waals surface area contributed by atoms with E-state index in [1.54, 1.807) is 37.4 Å². The van der Waals surface area contributed by atoms with E-state index in [9.17, 15) is 9.59 Å². The summed E-state index contributed by atoms with van der Waals surface area (Å²) in [4.78, 5) is 29.1. The van der Waals surface area contributed by atoms with Crippen LogP contribution >= 0.6 is 0 Å².